The predicted molar refractivity (Wildman–Crippen MR) is 66.2 cm³/mol. The van der Waals surface area contributed by atoms with Gasteiger partial charge in [-0.2, -0.15) is 0 Å². The third kappa shape index (κ3) is 3.76. The fourth-order valence-corrected chi connectivity index (χ4v) is 1.53. The van der Waals surface area contributed by atoms with Crippen molar-refractivity contribution in [2.24, 2.45) is 0 Å². The molecular weight excluding hydrogens is 242 g/mol. The number of ether oxygens (including phenoxy) is 1. The van der Waals surface area contributed by atoms with Gasteiger partial charge in [0, 0.05) is 17.1 Å². The van der Waals surface area contributed by atoms with Crippen LogP contribution in [0.15, 0.2) is 30.9 Å². The summed E-state index contributed by atoms with van der Waals surface area (Å²) in [4.78, 5) is 11.0. The number of hydrogen-bond acceptors (Lipinski definition) is 3. The van der Waals surface area contributed by atoms with Crippen molar-refractivity contribution < 1.29 is 14.6 Å². The molecule has 0 spiro atoms. The van der Waals surface area contributed by atoms with Crippen LogP contribution in [0.4, 0.5) is 0 Å². The Hall–Kier alpha value is -1.52. The Kier molecular flexibility index (Phi) is 5.00. The molecule has 0 aromatic heterocycles. The van der Waals surface area contributed by atoms with Crippen LogP contribution in [0.1, 0.15) is 11.7 Å². The van der Waals surface area contributed by atoms with Crippen LogP contribution < -0.4 is 10.1 Å². The van der Waals surface area contributed by atoms with E-state index >= 15 is 0 Å². The molecule has 1 unspecified atom stereocenters. The van der Waals surface area contributed by atoms with Crippen molar-refractivity contribution in [1.82, 2.24) is 5.32 Å². The summed E-state index contributed by atoms with van der Waals surface area (Å²) in [5.41, 5.74) is 0.532. The summed E-state index contributed by atoms with van der Waals surface area (Å²) in [6.45, 7) is 3.39. The molecule has 92 valence electrons. The first-order chi connectivity index (χ1) is 8.08. The lowest BCUT2D eigenvalue weighted by Crippen LogP contribution is -2.26. The van der Waals surface area contributed by atoms with Crippen LogP contribution in [-0.2, 0) is 4.79 Å². The quantitative estimate of drug-likeness (QED) is 0.787. The summed E-state index contributed by atoms with van der Waals surface area (Å²) in [6, 6.07) is 4.93. The number of hydrogen-bond donors (Lipinski definition) is 2. The highest BCUT2D eigenvalue weighted by Gasteiger charge is 2.14. The fraction of sp³-hybridized carbons (Fsp3) is 0.250. The van der Waals surface area contributed by atoms with E-state index in [9.17, 15) is 9.90 Å². The first-order valence-electron chi connectivity index (χ1n) is 5.00. The van der Waals surface area contributed by atoms with Crippen molar-refractivity contribution in [2.45, 2.75) is 6.10 Å². The van der Waals surface area contributed by atoms with Crippen molar-refractivity contribution in [1.29, 1.82) is 0 Å². The topological polar surface area (TPSA) is 58.6 Å². The van der Waals surface area contributed by atoms with Crippen LogP contribution in [0.5, 0.6) is 5.75 Å². The number of methoxy groups -OCH3 is 1. The Morgan fingerprint density at radius 3 is 3.00 bits per heavy atom. The van der Waals surface area contributed by atoms with Crippen LogP contribution in [0, 0.1) is 0 Å². The normalized spacial score (nSPS) is 11.7. The van der Waals surface area contributed by atoms with E-state index in [1.54, 1.807) is 18.2 Å². The molecule has 2 N–H and O–H groups in total. The van der Waals surface area contributed by atoms with E-state index in [2.05, 4.69) is 11.9 Å². The lowest BCUT2D eigenvalue weighted by atomic mass is 10.1. The second kappa shape index (κ2) is 6.27. The number of carbonyl (C=O) groups is 1. The van der Waals surface area contributed by atoms with Crippen molar-refractivity contribution >= 4 is 17.5 Å². The molecule has 1 aromatic rings. The maximum atomic E-state index is 11.0. The number of carbonyl (C=O) groups excluding carboxylic acids is 1. The summed E-state index contributed by atoms with van der Waals surface area (Å²) in [6.07, 6.45) is 0.259. The zero-order valence-electron chi connectivity index (χ0n) is 9.44. The van der Waals surface area contributed by atoms with Crippen LogP contribution in [0.25, 0.3) is 0 Å². The van der Waals surface area contributed by atoms with Gasteiger partial charge in [-0.05, 0) is 24.3 Å². The smallest absolute Gasteiger partial charge is 0.243 e. The van der Waals surface area contributed by atoms with Gasteiger partial charge in [0.25, 0.3) is 0 Å². The number of benzene rings is 1. The molecule has 0 radical (unpaired) electrons. The van der Waals surface area contributed by atoms with Gasteiger partial charge in [-0.15, -0.1) is 0 Å². The van der Waals surface area contributed by atoms with Gasteiger partial charge in [-0.1, -0.05) is 18.2 Å². The molecule has 17 heavy (non-hydrogen) atoms. The van der Waals surface area contributed by atoms with E-state index in [4.69, 9.17) is 16.3 Å². The van der Waals surface area contributed by atoms with Gasteiger partial charge in [0.2, 0.25) is 5.91 Å². The standard InChI is InChI=1S/C12H14ClNO3/c1-3-12(16)14-7-10(15)9-6-8(13)4-5-11(9)17-2/h3-6,10,15H,1,7H2,2H3,(H,14,16). The molecule has 0 bridgehead atoms. The summed E-state index contributed by atoms with van der Waals surface area (Å²) in [5, 5.41) is 12.9. The summed E-state index contributed by atoms with van der Waals surface area (Å²) >= 11 is 5.84. The number of halogens is 1. The molecule has 5 heteroatoms. The highest BCUT2D eigenvalue weighted by molar-refractivity contribution is 6.30. The summed E-state index contributed by atoms with van der Waals surface area (Å²) < 4.78 is 5.10. The van der Waals surface area contributed by atoms with Gasteiger partial charge < -0.3 is 15.2 Å². The zero-order valence-corrected chi connectivity index (χ0v) is 10.2. The van der Waals surface area contributed by atoms with E-state index in [1.807, 2.05) is 0 Å². The van der Waals surface area contributed by atoms with Crippen LogP contribution in [0.2, 0.25) is 5.02 Å². The lowest BCUT2D eigenvalue weighted by molar-refractivity contribution is -0.116. The minimum absolute atomic E-state index is 0.0710. The first-order valence-corrected chi connectivity index (χ1v) is 5.38. The second-order valence-electron chi connectivity index (χ2n) is 3.35. The fourth-order valence-electron chi connectivity index (χ4n) is 1.35. The van der Waals surface area contributed by atoms with E-state index in [0.717, 1.165) is 6.08 Å². The van der Waals surface area contributed by atoms with Crippen LogP contribution >= 0.6 is 11.6 Å². The Labute approximate surface area is 105 Å². The molecule has 1 rings (SSSR count). The maximum absolute atomic E-state index is 11.0. The van der Waals surface area contributed by atoms with E-state index < -0.39 is 6.10 Å². The minimum atomic E-state index is -0.882. The zero-order chi connectivity index (χ0) is 12.8. The highest BCUT2D eigenvalue weighted by atomic mass is 35.5. The molecule has 0 saturated carbocycles. The molecule has 0 aliphatic rings. The Bertz CT molecular complexity index is 420. The van der Waals surface area contributed by atoms with E-state index in [0.29, 0.717) is 16.3 Å². The van der Waals surface area contributed by atoms with Gasteiger partial charge in [0.15, 0.2) is 0 Å². The van der Waals surface area contributed by atoms with Crippen molar-refractivity contribution in [3.05, 3.63) is 41.4 Å². The first kappa shape index (κ1) is 13.5. The number of rotatable bonds is 5. The number of nitrogens with one attached hydrogen (secondary N) is 1. The van der Waals surface area contributed by atoms with Crippen molar-refractivity contribution in [3.63, 3.8) is 0 Å². The molecule has 0 fully saturated rings. The molecule has 0 aliphatic heterocycles. The average molecular weight is 256 g/mol. The number of aliphatic hydroxyl groups is 1. The third-order valence-electron chi connectivity index (χ3n) is 2.21. The predicted octanol–water partition coefficient (Wildman–Crippen LogP) is 1.68. The molecular formula is C12H14ClNO3. The van der Waals surface area contributed by atoms with Gasteiger partial charge in [0.1, 0.15) is 5.75 Å². The third-order valence-corrected chi connectivity index (χ3v) is 2.44. The average Bonchev–Trinajstić information content (AvgIpc) is 2.35. The largest absolute Gasteiger partial charge is 0.496 e. The Morgan fingerprint density at radius 1 is 1.71 bits per heavy atom. The van der Waals surface area contributed by atoms with Crippen LogP contribution in [-0.4, -0.2) is 24.7 Å². The maximum Gasteiger partial charge on any atom is 0.243 e. The van der Waals surface area contributed by atoms with Gasteiger partial charge in [-0.3, -0.25) is 4.79 Å². The van der Waals surface area contributed by atoms with Gasteiger partial charge in [-0.25, -0.2) is 0 Å². The monoisotopic (exact) mass is 255 g/mol. The molecule has 0 saturated heterocycles. The second-order valence-corrected chi connectivity index (χ2v) is 3.79. The highest BCUT2D eigenvalue weighted by Crippen LogP contribution is 2.27. The molecule has 1 aromatic carbocycles. The van der Waals surface area contributed by atoms with Crippen molar-refractivity contribution in [2.75, 3.05) is 13.7 Å². The van der Waals surface area contributed by atoms with E-state index in [1.165, 1.54) is 7.11 Å². The molecule has 0 aliphatic carbocycles. The van der Waals surface area contributed by atoms with Gasteiger partial charge >= 0.3 is 0 Å². The Morgan fingerprint density at radius 2 is 2.41 bits per heavy atom. The van der Waals surface area contributed by atoms with Crippen molar-refractivity contribution in [3.8, 4) is 5.75 Å². The van der Waals surface area contributed by atoms with Crippen LogP contribution in [0.3, 0.4) is 0 Å². The molecule has 0 heterocycles. The molecule has 1 atom stereocenters. The summed E-state index contributed by atoms with van der Waals surface area (Å²) in [5.74, 6) is 0.180. The lowest BCUT2D eigenvalue weighted by Gasteiger charge is -2.15. The minimum Gasteiger partial charge on any atom is -0.496 e. The molecule has 4 nitrogen and oxygen atoms in total. The van der Waals surface area contributed by atoms with Gasteiger partial charge in [0.05, 0.1) is 13.2 Å². The van der Waals surface area contributed by atoms with E-state index in [-0.39, 0.29) is 12.5 Å². The Balaban J connectivity index is 2.79. The number of amides is 1. The SMILES string of the molecule is C=CC(=O)NCC(O)c1cc(Cl)ccc1OC. The summed E-state index contributed by atoms with van der Waals surface area (Å²) in [7, 11) is 1.50. The number of aliphatic hydroxyl groups excluding tert-OH is 1. The molecule has 1 amide bonds.